The van der Waals surface area contributed by atoms with Gasteiger partial charge in [-0.25, -0.2) is 0 Å². The molecule has 1 aromatic rings. The summed E-state index contributed by atoms with van der Waals surface area (Å²) in [7, 11) is 0. The molecule has 0 spiro atoms. The van der Waals surface area contributed by atoms with Gasteiger partial charge in [0.2, 0.25) is 0 Å². The Bertz CT molecular complexity index is 467. The Balaban J connectivity index is 2.06. The van der Waals surface area contributed by atoms with Gasteiger partial charge in [0.1, 0.15) is 0 Å². The molecule has 1 aromatic carbocycles. The van der Waals surface area contributed by atoms with Gasteiger partial charge in [0, 0.05) is 17.1 Å². The lowest BCUT2D eigenvalue weighted by atomic mass is 9.98. The Kier molecular flexibility index (Phi) is 5.25. The van der Waals surface area contributed by atoms with E-state index in [2.05, 4.69) is 20.8 Å². The van der Waals surface area contributed by atoms with Gasteiger partial charge in [0.05, 0.1) is 11.4 Å². The van der Waals surface area contributed by atoms with Crippen molar-refractivity contribution in [2.75, 3.05) is 6.54 Å². The molecular weight excluding hydrogens is 330 g/mol. The van der Waals surface area contributed by atoms with E-state index >= 15 is 0 Å². The number of hydrogen-bond donors (Lipinski definition) is 1. The number of hydrogen-bond acceptors (Lipinski definition) is 2. The summed E-state index contributed by atoms with van der Waals surface area (Å²) in [5, 5.41) is 9.67. The zero-order valence-corrected chi connectivity index (χ0v) is 13.0. The largest absolute Gasteiger partial charge is 0.481 e. The molecule has 104 valence electrons. The average Bonchev–Trinajstić information content (AvgIpc) is 2.36. The maximum atomic E-state index is 10.9. The lowest BCUT2D eigenvalue weighted by Crippen LogP contribution is -2.40. The van der Waals surface area contributed by atoms with Gasteiger partial charge >= 0.3 is 5.97 Å². The van der Waals surface area contributed by atoms with E-state index in [-0.39, 0.29) is 12.5 Å². The van der Waals surface area contributed by atoms with Crippen LogP contribution < -0.4 is 0 Å². The highest BCUT2D eigenvalue weighted by atomic mass is 79.9. The average molecular weight is 347 g/mol. The van der Waals surface area contributed by atoms with Crippen molar-refractivity contribution in [3.63, 3.8) is 0 Å². The molecule has 1 N–H and O–H groups in total. The van der Waals surface area contributed by atoms with E-state index in [0.717, 1.165) is 42.4 Å². The first kappa shape index (κ1) is 14.8. The van der Waals surface area contributed by atoms with Crippen molar-refractivity contribution < 1.29 is 9.90 Å². The fourth-order valence-corrected chi connectivity index (χ4v) is 3.02. The van der Waals surface area contributed by atoms with Gasteiger partial charge in [-0.1, -0.05) is 24.1 Å². The first-order valence-electron chi connectivity index (χ1n) is 6.46. The zero-order chi connectivity index (χ0) is 13.8. The van der Waals surface area contributed by atoms with Crippen molar-refractivity contribution in [2.24, 2.45) is 0 Å². The second kappa shape index (κ2) is 6.73. The molecule has 19 heavy (non-hydrogen) atoms. The van der Waals surface area contributed by atoms with E-state index in [4.69, 9.17) is 16.7 Å². The van der Waals surface area contributed by atoms with Crippen molar-refractivity contribution in [1.29, 1.82) is 0 Å². The van der Waals surface area contributed by atoms with Crippen molar-refractivity contribution >= 4 is 33.5 Å². The maximum absolute atomic E-state index is 10.9. The molecule has 3 nitrogen and oxygen atoms in total. The van der Waals surface area contributed by atoms with Crippen LogP contribution in [0.15, 0.2) is 22.7 Å². The predicted octanol–water partition coefficient (Wildman–Crippen LogP) is 3.93. The molecule has 0 saturated carbocycles. The molecule has 1 aliphatic heterocycles. The van der Waals surface area contributed by atoms with Crippen molar-refractivity contribution in [2.45, 2.75) is 38.3 Å². The number of halogens is 2. The Morgan fingerprint density at radius 3 is 2.95 bits per heavy atom. The standard InChI is InChI=1S/C14H17BrClNO2/c15-12-5-4-10(7-13(12)16)9-17-6-2-1-3-11(17)8-14(18)19/h4-5,7,11H,1-3,6,8-9H2,(H,18,19). The molecule has 5 heteroatoms. The van der Waals surface area contributed by atoms with Crippen LogP contribution in [0.25, 0.3) is 0 Å². The summed E-state index contributed by atoms with van der Waals surface area (Å²) in [5.74, 6) is -0.717. The summed E-state index contributed by atoms with van der Waals surface area (Å²) in [6.45, 7) is 1.73. The number of nitrogens with zero attached hydrogens (tertiary/aromatic N) is 1. The lowest BCUT2D eigenvalue weighted by molar-refractivity contribution is -0.138. The highest BCUT2D eigenvalue weighted by Gasteiger charge is 2.24. The molecule has 0 amide bonds. The van der Waals surface area contributed by atoms with Crippen LogP contribution >= 0.6 is 27.5 Å². The van der Waals surface area contributed by atoms with E-state index in [1.165, 1.54) is 0 Å². The maximum Gasteiger partial charge on any atom is 0.304 e. The highest BCUT2D eigenvalue weighted by Crippen LogP contribution is 2.26. The molecule has 1 aliphatic rings. The number of benzene rings is 1. The number of piperidine rings is 1. The Labute approximate surface area is 126 Å². The zero-order valence-electron chi connectivity index (χ0n) is 10.6. The predicted molar refractivity (Wildman–Crippen MR) is 79.5 cm³/mol. The van der Waals surface area contributed by atoms with Crippen LogP contribution in [-0.2, 0) is 11.3 Å². The summed E-state index contributed by atoms with van der Waals surface area (Å²) in [6, 6.07) is 6.06. The Morgan fingerprint density at radius 1 is 1.47 bits per heavy atom. The number of carboxylic acids is 1. The Morgan fingerprint density at radius 2 is 2.26 bits per heavy atom. The van der Waals surface area contributed by atoms with Crippen LogP contribution in [0.2, 0.25) is 5.02 Å². The van der Waals surface area contributed by atoms with Crippen LogP contribution in [0, 0.1) is 0 Å². The molecule has 0 radical (unpaired) electrons. The first-order valence-corrected chi connectivity index (χ1v) is 7.63. The second-order valence-electron chi connectivity index (χ2n) is 4.97. The van der Waals surface area contributed by atoms with Gasteiger partial charge in [-0.05, 0) is 53.0 Å². The van der Waals surface area contributed by atoms with Crippen LogP contribution in [-0.4, -0.2) is 28.6 Å². The number of rotatable bonds is 4. The van der Waals surface area contributed by atoms with Gasteiger partial charge in [-0.15, -0.1) is 0 Å². The van der Waals surface area contributed by atoms with E-state index < -0.39 is 5.97 Å². The van der Waals surface area contributed by atoms with Crippen LogP contribution in [0.1, 0.15) is 31.2 Å². The molecule has 1 atom stereocenters. The van der Waals surface area contributed by atoms with Crippen molar-refractivity contribution in [3.05, 3.63) is 33.3 Å². The second-order valence-corrected chi connectivity index (χ2v) is 6.23. The van der Waals surface area contributed by atoms with E-state index in [1.807, 2.05) is 18.2 Å². The van der Waals surface area contributed by atoms with Crippen molar-refractivity contribution in [3.8, 4) is 0 Å². The summed E-state index contributed by atoms with van der Waals surface area (Å²) >= 11 is 9.47. The summed E-state index contributed by atoms with van der Waals surface area (Å²) < 4.78 is 0.888. The molecule has 0 aromatic heterocycles. The molecular formula is C14H17BrClNO2. The highest BCUT2D eigenvalue weighted by molar-refractivity contribution is 9.10. The molecule has 1 saturated heterocycles. The smallest absolute Gasteiger partial charge is 0.304 e. The van der Waals surface area contributed by atoms with Gasteiger partial charge < -0.3 is 5.11 Å². The number of likely N-dealkylation sites (tertiary alicyclic amines) is 1. The SMILES string of the molecule is O=C(O)CC1CCCCN1Cc1ccc(Br)c(Cl)c1. The molecule has 2 rings (SSSR count). The van der Waals surface area contributed by atoms with Crippen molar-refractivity contribution in [1.82, 2.24) is 4.90 Å². The first-order chi connectivity index (χ1) is 9.06. The van der Waals surface area contributed by atoms with E-state index in [9.17, 15) is 4.79 Å². The number of aliphatic carboxylic acids is 1. The third-order valence-corrected chi connectivity index (χ3v) is 4.76. The summed E-state index contributed by atoms with van der Waals surface area (Å²) in [6.07, 6.45) is 3.46. The monoisotopic (exact) mass is 345 g/mol. The van der Waals surface area contributed by atoms with Crippen LogP contribution in [0.5, 0.6) is 0 Å². The quantitative estimate of drug-likeness (QED) is 0.898. The molecule has 1 fully saturated rings. The number of carboxylic acid groups (broad SMARTS) is 1. The van der Waals surface area contributed by atoms with E-state index in [1.54, 1.807) is 0 Å². The normalized spacial score (nSPS) is 20.4. The lowest BCUT2D eigenvalue weighted by Gasteiger charge is -2.35. The van der Waals surface area contributed by atoms with Crippen LogP contribution in [0.3, 0.4) is 0 Å². The van der Waals surface area contributed by atoms with Gasteiger partial charge in [-0.3, -0.25) is 9.69 Å². The van der Waals surface area contributed by atoms with Gasteiger partial charge in [0.25, 0.3) is 0 Å². The molecule has 0 bridgehead atoms. The minimum Gasteiger partial charge on any atom is -0.481 e. The molecule has 1 unspecified atom stereocenters. The fraction of sp³-hybridized carbons (Fsp3) is 0.500. The summed E-state index contributed by atoms with van der Waals surface area (Å²) in [5.41, 5.74) is 1.13. The minimum absolute atomic E-state index is 0.147. The fourth-order valence-electron chi connectivity index (χ4n) is 2.57. The topological polar surface area (TPSA) is 40.5 Å². The van der Waals surface area contributed by atoms with Gasteiger partial charge in [-0.2, -0.15) is 0 Å². The summed E-state index contributed by atoms with van der Waals surface area (Å²) in [4.78, 5) is 13.2. The molecule has 0 aliphatic carbocycles. The molecule has 1 heterocycles. The number of carbonyl (C=O) groups is 1. The third kappa shape index (κ3) is 4.20. The van der Waals surface area contributed by atoms with Crippen LogP contribution in [0.4, 0.5) is 0 Å². The van der Waals surface area contributed by atoms with Gasteiger partial charge in [0.15, 0.2) is 0 Å². The minimum atomic E-state index is -0.717. The van der Waals surface area contributed by atoms with E-state index in [0.29, 0.717) is 5.02 Å². The Hall–Kier alpha value is -0.580. The third-order valence-electron chi connectivity index (χ3n) is 3.53.